The molecule has 0 spiro atoms. The Balaban J connectivity index is 1.63. The van der Waals surface area contributed by atoms with Gasteiger partial charge in [0, 0.05) is 4.88 Å². The van der Waals surface area contributed by atoms with Gasteiger partial charge < -0.3 is 0 Å². The average molecular weight is 347 g/mol. The number of fused-ring (bicyclic) bond motifs is 3. The van der Waals surface area contributed by atoms with Gasteiger partial charge in [0.05, 0.1) is 11.7 Å². The van der Waals surface area contributed by atoms with Crippen LogP contribution in [0, 0.1) is 6.92 Å². The molecule has 0 aliphatic heterocycles. The lowest BCUT2D eigenvalue weighted by atomic mass is 10.2. The van der Waals surface area contributed by atoms with Crippen LogP contribution in [0.5, 0.6) is 0 Å². The van der Waals surface area contributed by atoms with Gasteiger partial charge in [-0.15, -0.1) is 21.5 Å². The molecule has 3 heterocycles. The monoisotopic (exact) mass is 347 g/mol. The molecule has 4 rings (SSSR count). The van der Waals surface area contributed by atoms with Gasteiger partial charge in [-0.25, -0.2) is 4.98 Å². The summed E-state index contributed by atoms with van der Waals surface area (Å²) in [6, 6.07) is 0. The van der Waals surface area contributed by atoms with Crippen molar-refractivity contribution in [1.29, 1.82) is 0 Å². The quantitative estimate of drug-likeness (QED) is 0.779. The van der Waals surface area contributed by atoms with Crippen LogP contribution in [-0.2, 0) is 24.2 Å². The van der Waals surface area contributed by atoms with Crippen molar-refractivity contribution < 1.29 is 4.79 Å². The highest BCUT2D eigenvalue weighted by Gasteiger charge is 2.21. The standard InChI is InChI=1S/C14H13N5O2S2/c1-7-17-18-14(22-7)16-10(20)5-19-6-15-12-11(13(19)21)8-3-2-4-9(8)23-12/h6H,2-5H2,1H3,(H,16,18,20). The molecule has 0 aromatic carbocycles. The first kappa shape index (κ1) is 14.5. The lowest BCUT2D eigenvalue weighted by molar-refractivity contribution is -0.116. The van der Waals surface area contributed by atoms with Crippen LogP contribution in [0.25, 0.3) is 10.2 Å². The Bertz CT molecular complexity index is 971. The molecule has 3 aromatic rings. The maximum Gasteiger partial charge on any atom is 0.262 e. The van der Waals surface area contributed by atoms with E-state index in [-0.39, 0.29) is 18.0 Å². The fraction of sp³-hybridized carbons (Fsp3) is 0.357. The molecule has 0 saturated heterocycles. The maximum atomic E-state index is 12.7. The number of nitrogens with zero attached hydrogens (tertiary/aromatic N) is 4. The summed E-state index contributed by atoms with van der Waals surface area (Å²) in [5, 5.41) is 12.2. The van der Waals surface area contributed by atoms with Crippen LogP contribution in [0.4, 0.5) is 5.13 Å². The molecule has 0 unspecified atom stereocenters. The summed E-state index contributed by atoms with van der Waals surface area (Å²) >= 11 is 2.89. The Hall–Kier alpha value is -2.13. The van der Waals surface area contributed by atoms with Crippen LogP contribution in [-0.4, -0.2) is 25.7 Å². The summed E-state index contributed by atoms with van der Waals surface area (Å²) < 4.78 is 1.36. The number of hydrogen-bond acceptors (Lipinski definition) is 7. The van der Waals surface area contributed by atoms with Gasteiger partial charge in [0.2, 0.25) is 11.0 Å². The molecule has 1 aliphatic carbocycles. The number of hydrogen-bond donors (Lipinski definition) is 1. The van der Waals surface area contributed by atoms with E-state index in [0.29, 0.717) is 10.5 Å². The summed E-state index contributed by atoms with van der Waals surface area (Å²) in [5.74, 6) is -0.309. The molecule has 1 N–H and O–H groups in total. The Labute approximate surface area is 139 Å². The first-order valence-corrected chi connectivity index (χ1v) is 8.85. The van der Waals surface area contributed by atoms with E-state index in [4.69, 9.17) is 0 Å². The molecule has 3 aromatic heterocycles. The number of anilines is 1. The molecular weight excluding hydrogens is 334 g/mol. The van der Waals surface area contributed by atoms with Gasteiger partial charge >= 0.3 is 0 Å². The Kier molecular flexibility index (Phi) is 3.46. The second kappa shape index (κ2) is 5.50. The normalized spacial score (nSPS) is 13.4. The first-order valence-electron chi connectivity index (χ1n) is 7.21. The summed E-state index contributed by atoms with van der Waals surface area (Å²) in [5.41, 5.74) is 0.981. The zero-order valence-corrected chi connectivity index (χ0v) is 14.0. The van der Waals surface area contributed by atoms with Gasteiger partial charge in [-0.2, -0.15) is 0 Å². The minimum atomic E-state index is -0.309. The summed E-state index contributed by atoms with van der Waals surface area (Å²) in [7, 11) is 0. The molecule has 1 amide bonds. The molecular formula is C14H13N5O2S2. The number of carbonyl (C=O) groups is 1. The van der Waals surface area contributed by atoms with E-state index in [1.807, 2.05) is 6.92 Å². The fourth-order valence-corrected chi connectivity index (χ4v) is 4.62. The van der Waals surface area contributed by atoms with Gasteiger partial charge in [-0.3, -0.25) is 19.5 Å². The van der Waals surface area contributed by atoms with Gasteiger partial charge in [0.15, 0.2) is 0 Å². The van der Waals surface area contributed by atoms with Crippen molar-refractivity contribution in [2.45, 2.75) is 32.7 Å². The van der Waals surface area contributed by atoms with E-state index < -0.39 is 0 Å². The average Bonchev–Trinajstić information content (AvgIpc) is 3.17. The topological polar surface area (TPSA) is 89.8 Å². The van der Waals surface area contributed by atoms with Gasteiger partial charge in [0.1, 0.15) is 16.4 Å². The summed E-state index contributed by atoms with van der Waals surface area (Å²) in [6.07, 6.45) is 4.47. The third-order valence-corrected chi connectivity index (χ3v) is 5.73. The Morgan fingerprint density at radius 1 is 1.35 bits per heavy atom. The van der Waals surface area contributed by atoms with Crippen LogP contribution in [0.1, 0.15) is 21.9 Å². The second-order valence-corrected chi connectivity index (χ2v) is 7.65. The highest BCUT2D eigenvalue weighted by molar-refractivity contribution is 7.18. The summed E-state index contributed by atoms with van der Waals surface area (Å²) in [6.45, 7) is 1.73. The third-order valence-electron chi connectivity index (χ3n) is 3.78. The number of thiophene rings is 1. The van der Waals surface area contributed by atoms with E-state index in [0.717, 1.165) is 34.7 Å². The SMILES string of the molecule is Cc1nnc(NC(=O)Cn2cnc3sc4c(c3c2=O)CCC4)s1. The van der Waals surface area contributed by atoms with Gasteiger partial charge in [-0.05, 0) is 31.7 Å². The first-order chi connectivity index (χ1) is 11.1. The molecule has 0 saturated carbocycles. The van der Waals surface area contributed by atoms with Crippen LogP contribution < -0.4 is 10.9 Å². The van der Waals surface area contributed by atoms with Crippen LogP contribution in [0.2, 0.25) is 0 Å². The molecule has 9 heteroatoms. The number of amides is 1. The molecule has 23 heavy (non-hydrogen) atoms. The number of rotatable bonds is 3. The van der Waals surface area contributed by atoms with Crippen molar-refractivity contribution in [2.75, 3.05) is 5.32 Å². The van der Waals surface area contributed by atoms with Crippen molar-refractivity contribution in [2.24, 2.45) is 0 Å². The molecule has 1 aliphatic rings. The van der Waals surface area contributed by atoms with E-state index in [9.17, 15) is 9.59 Å². The fourth-order valence-electron chi connectivity index (χ4n) is 2.79. The number of aromatic nitrogens is 4. The smallest absolute Gasteiger partial charge is 0.262 e. The zero-order chi connectivity index (χ0) is 16.0. The van der Waals surface area contributed by atoms with Crippen LogP contribution in [0.3, 0.4) is 0 Å². The molecule has 7 nitrogen and oxygen atoms in total. The molecule has 0 fully saturated rings. The van der Waals surface area contributed by atoms with Gasteiger partial charge in [-0.1, -0.05) is 11.3 Å². The Morgan fingerprint density at radius 2 is 2.22 bits per heavy atom. The lowest BCUT2D eigenvalue weighted by Crippen LogP contribution is -2.28. The number of aryl methyl sites for hydroxylation is 3. The minimum Gasteiger partial charge on any atom is -0.299 e. The molecule has 0 atom stereocenters. The van der Waals surface area contributed by atoms with Gasteiger partial charge in [0.25, 0.3) is 5.56 Å². The highest BCUT2D eigenvalue weighted by Crippen LogP contribution is 2.34. The van der Waals surface area contributed by atoms with Crippen molar-refractivity contribution in [3.8, 4) is 0 Å². The van der Waals surface area contributed by atoms with E-state index >= 15 is 0 Å². The van der Waals surface area contributed by atoms with Crippen molar-refractivity contribution in [3.05, 3.63) is 32.1 Å². The number of carbonyl (C=O) groups excluding carboxylic acids is 1. The van der Waals surface area contributed by atoms with E-state index in [1.165, 1.54) is 27.1 Å². The van der Waals surface area contributed by atoms with Crippen LogP contribution in [0.15, 0.2) is 11.1 Å². The Morgan fingerprint density at radius 3 is 3.00 bits per heavy atom. The van der Waals surface area contributed by atoms with Crippen molar-refractivity contribution in [3.63, 3.8) is 0 Å². The number of nitrogens with one attached hydrogen (secondary N) is 1. The van der Waals surface area contributed by atoms with Crippen molar-refractivity contribution in [1.82, 2.24) is 19.7 Å². The van der Waals surface area contributed by atoms with Crippen LogP contribution >= 0.6 is 22.7 Å². The molecule has 0 radical (unpaired) electrons. The van der Waals surface area contributed by atoms with E-state index in [2.05, 4.69) is 20.5 Å². The summed E-state index contributed by atoms with van der Waals surface area (Å²) in [4.78, 5) is 31.1. The molecule has 0 bridgehead atoms. The van der Waals surface area contributed by atoms with E-state index in [1.54, 1.807) is 11.3 Å². The van der Waals surface area contributed by atoms with Crippen molar-refractivity contribution >= 4 is 43.9 Å². The third kappa shape index (κ3) is 2.55. The highest BCUT2D eigenvalue weighted by atomic mass is 32.1. The largest absolute Gasteiger partial charge is 0.299 e. The molecule has 118 valence electrons. The second-order valence-electron chi connectivity index (χ2n) is 5.39. The predicted molar refractivity (Wildman–Crippen MR) is 89.2 cm³/mol. The maximum absolute atomic E-state index is 12.7. The zero-order valence-electron chi connectivity index (χ0n) is 12.3. The predicted octanol–water partition coefficient (Wildman–Crippen LogP) is 1.75. The minimum absolute atomic E-state index is 0.0784. The lowest BCUT2D eigenvalue weighted by Gasteiger charge is -2.05.